The van der Waals surface area contributed by atoms with Gasteiger partial charge in [0.25, 0.3) is 0 Å². The van der Waals surface area contributed by atoms with Crippen LogP contribution < -0.4 is 11.1 Å². The average molecular weight is 125 g/mol. The molecule has 51 valence electrons. The smallest absolute Gasteiger partial charge is 0.0191 e. The summed E-state index contributed by atoms with van der Waals surface area (Å²) >= 11 is 0. The van der Waals surface area contributed by atoms with E-state index < -0.39 is 0 Å². The van der Waals surface area contributed by atoms with Gasteiger partial charge in [0.05, 0.1) is 0 Å². The van der Waals surface area contributed by atoms with Crippen LogP contribution in [0.3, 0.4) is 0 Å². The number of nitrogens with zero attached hydrogens (tertiary/aromatic N) is 1. The van der Waals surface area contributed by atoms with E-state index in [0.29, 0.717) is 11.5 Å². The van der Waals surface area contributed by atoms with Gasteiger partial charge in [0.1, 0.15) is 0 Å². The summed E-state index contributed by atoms with van der Waals surface area (Å²) in [6.07, 6.45) is 1.20. The molecule has 1 aliphatic heterocycles. The fraction of sp³-hybridized carbons (Fsp3) is 1.00. The van der Waals surface area contributed by atoms with Crippen molar-refractivity contribution in [1.82, 2.24) is 5.32 Å². The highest BCUT2D eigenvalue weighted by Crippen LogP contribution is 2.48. The standard InChI is InChI=1S/C7H13N2/c1-7-2-6(8)5(7)3-9-4-7/h5-6H,2-4,8H2,1H3. The third kappa shape index (κ3) is 0.578. The van der Waals surface area contributed by atoms with Crippen LogP contribution in [0.4, 0.5) is 0 Å². The highest BCUT2D eigenvalue weighted by Gasteiger charge is 2.52. The summed E-state index contributed by atoms with van der Waals surface area (Å²) < 4.78 is 0. The molecule has 2 N–H and O–H groups in total. The monoisotopic (exact) mass is 125 g/mol. The predicted molar refractivity (Wildman–Crippen MR) is 36.1 cm³/mol. The van der Waals surface area contributed by atoms with Gasteiger partial charge < -0.3 is 5.73 Å². The van der Waals surface area contributed by atoms with E-state index in [0.717, 1.165) is 19.0 Å². The van der Waals surface area contributed by atoms with Crippen LogP contribution in [0.2, 0.25) is 0 Å². The highest BCUT2D eigenvalue weighted by molar-refractivity contribution is 5.06. The maximum absolute atomic E-state index is 5.79. The zero-order valence-electron chi connectivity index (χ0n) is 5.80. The highest BCUT2D eigenvalue weighted by atomic mass is 15.0. The Hall–Kier alpha value is -0.0800. The predicted octanol–water partition coefficient (Wildman–Crippen LogP) is -0.0421. The first-order valence-corrected chi connectivity index (χ1v) is 3.61. The van der Waals surface area contributed by atoms with Crippen LogP contribution in [0.15, 0.2) is 0 Å². The molecule has 0 bridgehead atoms. The van der Waals surface area contributed by atoms with Gasteiger partial charge in [0.15, 0.2) is 0 Å². The summed E-state index contributed by atoms with van der Waals surface area (Å²) in [5.41, 5.74) is 6.30. The Morgan fingerprint density at radius 2 is 2.44 bits per heavy atom. The third-order valence-electron chi connectivity index (χ3n) is 2.91. The van der Waals surface area contributed by atoms with Crippen LogP contribution >= 0.6 is 0 Å². The van der Waals surface area contributed by atoms with Crippen molar-refractivity contribution >= 4 is 0 Å². The van der Waals surface area contributed by atoms with Gasteiger partial charge in [-0.1, -0.05) is 6.92 Å². The van der Waals surface area contributed by atoms with E-state index in [-0.39, 0.29) is 0 Å². The fourth-order valence-corrected chi connectivity index (χ4v) is 2.19. The van der Waals surface area contributed by atoms with Crippen molar-refractivity contribution in [3.05, 3.63) is 0 Å². The fourth-order valence-electron chi connectivity index (χ4n) is 2.19. The van der Waals surface area contributed by atoms with E-state index in [1.807, 2.05) is 0 Å². The average Bonchev–Trinajstić information content (AvgIpc) is 2.06. The molecule has 1 heterocycles. The van der Waals surface area contributed by atoms with Gasteiger partial charge >= 0.3 is 0 Å². The van der Waals surface area contributed by atoms with Crippen molar-refractivity contribution in [2.24, 2.45) is 17.1 Å². The van der Waals surface area contributed by atoms with Gasteiger partial charge in [-0.15, -0.1) is 0 Å². The van der Waals surface area contributed by atoms with Crippen molar-refractivity contribution in [3.8, 4) is 0 Å². The largest absolute Gasteiger partial charge is 0.327 e. The first-order chi connectivity index (χ1) is 4.22. The minimum Gasteiger partial charge on any atom is -0.327 e. The Morgan fingerprint density at radius 3 is 2.89 bits per heavy atom. The molecule has 2 nitrogen and oxygen atoms in total. The maximum atomic E-state index is 5.79. The number of rotatable bonds is 0. The molecular weight excluding hydrogens is 112 g/mol. The van der Waals surface area contributed by atoms with Crippen molar-refractivity contribution < 1.29 is 0 Å². The number of fused-ring (bicyclic) bond motifs is 1. The van der Waals surface area contributed by atoms with E-state index in [4.69, 9.17) is 5.73 Å². The molecule has 3 atom stereocenters. The lowest BCUT2D eigenvalue weighted by molar-refractivity contribution is 0.0769. The molecule has 1 radical (unpaired) electrons. The molecule has 2 rings (SSSR count). The van der Waals surface area contributed by atoms with E-state index in [1.54, 1.807) is 0 Å². The lowest BCUT2D eigenvalue weighted by Crippen LogP contribution is -2.53. The van der Waals surface area contributed by atoms with Crippen LogP contribution in [0, 0.1) is 11.3 Å². The normalized spacial score (nSPS) is 56.7. The van der Waals surface area contributed by atoms with Gasteiger partial charge in [0.2, 0.25) is 0 Å². The summed E-state index contributed by atoms with van der Waals surface area (Å²) in [7, 11) is 0. The molecule has 1 aliphatic carbocycles. The van der Waals surface area contributed by atoms with E-state index in [2.05, 4.69) is 12.2 Å². The van der Waals surface area contributed by atoms with Gasteiger partial charge in [-0.2, -0.15) is 0 Å². The second-order valence-electron chi connectivity index (χ2n) is 3.69. The molecular formula is C7H13N2. The van der Waals surface area contributed by atoms with Crippen LogP contribution in [0.1, 0.15) is 13.3 Å². The molecule has 0 aromatic carbocycles. The lowest BCUT2D eigenvalue weighted by Gasteiger charge is -2.46. The Balaban J connectivity index is 2.13. The van der Waals surface area contributed by atoms with Crippen LogP contribution in [0.5, 0.6) is 0 Å². The Labute approximate surface area is 55.8 Å². The Morgan fingerprint density at radius 1 is 1.67 bits per heavy atom. The summed E-state index contributed by atoms with van der Waals surface area (Å²) in [6, 6.07) is 0.459. The second-order valence-corrected chi connectivity index (χ2v) is 3.69. The Bertz CT molecular complexity index is 135. The molecule has 1 saturated heterocycles. The summed E-state index contributed by atoms with van der Waals surface area (Å²) in [6.45, 7) is 4.39. The number of hydrogen-bond donors (Lipinski definition) is 1. The molecule has 0 amide bonds. The molecule has 2 heteroatoms. The van der Waals surface area contributed by atoms with Crippen molar-refractivity contribution in [3.63, 3.8) is 0 Å². The molecule has 0 spiro atoms. The maximum Gasteiger partial charge on any atom is 0.0191 e. The van der Waals surface area contributed by atoms with Crippen molar-refractivity contribution in [2.75, 3.05) is 13.1 Å². The number of hydrogen-bond acceptors (Lipinski definition) is 1. The summed E-state index contributed by atoms with van der Waals surface area (Å²) in [5, 5.41) is 4.35. The van der Waals surface area contributed by atoms with Gasteiger partial charge in [-0.25, -0.2) is 5.32 Å². The zero-order valence-corrected chi connectivity index (χ0v) is 5.80. The van der Waals surface area contributed by atoms with Crippen LogP contribution in [0.25, 0.3) is 0 Å². The van der Waals surface area contributed by atoms with Crippen LogP contribution in [-0.2, 0) is 0 Å². The first kappa shape index (κ1) is 5.69. The molecule has 0 aromatic heterocycles. The zero-order chi connectivity index (χ0) is 6.48. The van der Waals surface area contributed by atoms with E-state index in [1.165, 1.54) is 6.42 Å². The molecule has 2 aliphatic rings. The lowest BCUT2D eigenvalue weighted by atomic mass is 9.60. The Kier molecular flexibility index (Phi) is 0.945. The molecule has 9 heavy (non-hydrogen) atoms. The molecule has 0 aromatic rings. The summed E-state index contributed by atoms with van der Waals surface area (Å²) in [4.78, 5) is 0. The topological polar surface area (TPSA) is 40.1 Å². The third-order valence-corrected chi connectivity index (χ3v) is 2.91. The first-order valence-electron chi connectivity index (χ1n) is 3.61. The van der Waals surface area contributed by atoms with Crippen molar-refractivity contribution in [2.45, 2.75) is 19.4 Å². The van der Waals surface area contributed by atoms with E-state index in [9.17, 15) is 0 Å². The van der Waals surface area contributed by atoms with Gasteiger partial charge in [0, 0.05) is 19.1 Å². The van der Waals surface area contributed by atoms with E-state index >= 15 is 0 Å². The quantitative estimate of drug-likeness (QED) is 0.485. The molecule has 1 saturated carbocycles. The summed E-state index contributed by atoms with van der Waals surface area (Å²) in [5.74, 6) is 0.720. The number of nitrogens with two attached hydrogens (primary N) is 1. The molecule has 3 unspecified atom stereocenters. The minimum absolute atomic E-state index is 0.459. The second kappa shape index (κ2) is 1.50. The minimum atomic E-state index is 0.459. The van der Waals surface area contributed by atoms with Crippen LogP contribution in [-0.4, -0.2) is 19.1 Å². The van der Waals surface area contributed by atoms with Gasteiger partial charge in [-0.3, -0.25) is 0 Å². The molecule has 2 fully saturated rings. The van der Waals surface area contributed by atoms with Gasteiger partial charge in [-0.05, 0) is 17.8 Å². The van der Waals surface area contributed by atoms with Crippen molar-refractivity contribution in [1.29, 1.82) is 0 Å². The SMILES string of the molecule is CC12C[N]CC1C(N)C2.